The minimum absolute atomic E-state index is 0.0552. The highest BCUT2D eigenvalue weighted by molar-refractivity contribution is 5.94. The summed E-state index contributed by atoms with van der Waals surface area (Å²) in [7, 11) is 3.45. The predicted octanol–water partition coefficient (Wildman–Crippen LogP) is 1.59. The van der Waals surface area contributed by atoms with Gasteiger partial charge < -0.3 is 15.4 Å². The van der Waals surface area contributed by atoms with Gasteiger partial charge in [0.2, 0.25) is 5.91 Å². The fraction of sp³-hybridized carbons (Fsp3) is 0.533. The van der Waals surface area contributed by atoms with Gasteiger partial charge in [-0.25, -0.2) is 0 Å². The maximum atomic E-state index is 12.3. The van der Waals surface area contributed by atoms with Crippen LogP contribution in [0.1, 0.15) is 13.8 Å². The molecule has 2 N–H and O–H groups in total. The second-order valence-electron chi connectivity index (χ2n) is 5.10. The summed E-state index contributed by atoms with van der Waals surface area (Å²) in [5, 5.41) is 0. The van der Waals surface area contributed by atoms with Crippen molar-refractivity contribution in [3.8, 4) is 0 Å². The van der Waals surface area contributed by atoms with Gasteiger partial charge in [-0.1, -0.05) is 0 Å². The van der Waals surface area contributed by atoms with Gasteiger partial charge in [0.25, 0.3) is 0 Å². The van der Waals surface area contributed by atoms with E-state index in [1.54, 1.807) is 31.2 Å². The molecule has 0 aliphatic carbocycles. The predicted molar refractivity (Wildman–Crippen MR) is 82.8 cm³/mol. The Morgan fingerprint density at radius 1 is 1.30 bits per heavy atom. The summed E-state index contributed by atoms with van der Waals surface area (Å²) in [6.45, 7) is 5.90. The molecule has 0 unspecified atom stereocenters. The molecule has 0 bridgehead atoms. The second kappa shape index (κ2) is 7.87. The molecule has 5 nitrogen and oxygen atoms in total. The van der Waals surface area contributed by atoms with E-state index in [2.05, 4.69) is 18.7 Å². The van der Waals surface area contributed by atoms with Crippen molar-refractivity contribution in [1.82, 2.24) is 4.90 Å². The summed E-state index contributed by atoms with van der Waals surface area (Å²) in [4.78, 5) is 16.1. The van der Waals surface area contributed by atoms with E-state index < -0.39 is 0 Å². The Morgan fingerprint density at radius 3 is 2.40 bits per heavy atom. The number of rotatable bonds is 7. The molecule has 0 fully saturated rings. The number of ether oxygens (including phenoxy) is 1. The average molecular weight is 279 g/mol. The van der Waals surface area contributed by atoms with Gasteiger partial charge in [0.15, 0.2) is 0 Å². The molecule has 1 rings (SSSR count). The van der Waals surface area contributed by atoms with Gasteiger partial charge in [-0.2, -0.15) is 0 Å². The van der Waals surface area contributed by atoms with Crippen molar-refractivity contribution >= 4 is 17.3 Å². The monoisotopic (exact) mass is 279 g/mol. The largest absolute Gasteiger partial charge is 0.399 e. The van der Waals surface area contributed by atoms with Crippen molar-refractivity contribution < 1.29 is 9.53 Å². The molecule has 112 valence electrons. The lowest BCUT2D eigenvalue weighted by Crippen LogP contribution is -2.43. The number of benzene rings is 1. The molecule has 0 radical (unpaired) electrons. The van der Waals surface area contributed by atoms with Crippen molar-refractivity contribution in [1.29, 1.82) is 0 Å². The first-order chi connectivity index (χ1) is 9.45. The van der Waals surface area contributed by atoms with Crippen molar-refractivity contribution in [3.63, 3.8) is 0 Å². The second-order valence-corrected chi connectivity index (χ2v) is 5.10. The standard InChI is InChI=1S/C15H25N3O2/c1-12(2)18(9-10-20-4)11-15(19)17(3)14-7-5-13(16)6-8-14/h5-8,12H,9-11,16H2,1-4H3. The molecule has 0 aromatic heterocycles. The van der Waals surface area contributed by atoms with Crippen molar-refractivity contribution in [3.05, 3.63) is 24.3 Å². The Kier molecular flexibility index (Phi) is 6.48. The maximum Gasteiger partial charge on any atom is 0.240 e. The number of carbonyl (C=O) groups excluding carboxylic acids is 1. The quantitative estimate of drug-likeness (QED) is 0.770. The topological polar surface area (TPSA) is 58.8 Å². The maximum absolute atomic E-state index is 12.3. The number of anilines is 2. The van der Waals surface area contributed by atoms with Gasteiger partial charge in [0, 0.05) is 38.1 Å². The number of nitrogens with two attached hydrogens (primary N) is 1. The van der Waals surface area contributed by atoms with Crippen LogP contribution in [0, 0.1) is 0 Å². The number of amides is 1. The van der Waals surface area contributed by atoms with E-state index in [0.717, 1.165) is 12.2 Å². The van der Waals surface area contributed by atoms with Crippen LogP contribution in [-0.2, 0) is 9.53 Å². The number of nitrogens with zero attached hydrogens (tertiary/aromatic N) is 2. The smallest absolute Gasteiger partial charge is 0.240 e. The summed E-state index contributed by atoms with van der Waals surface area (Å²) >= 11 is 0. The lowest BCUT2D eigenvalue weighted by atomic mass is 10.2. The molecule has 0 aliphatic rings. The molecule has 0 saturated carbocycles. The minimum atomic E-state index is 0.0552. The first-order valence-electron chi connectivity index (χ1n) is 6.80. The van der Waals surface area contributed by atoms with Crippen LogP contribution in [0.15, 0.2) is 24.3 Å². The van der Waals surface area contributed by atoms with Gasteiger partial charge in [-0.3, -0.25) is 9.69 Å². The van der Waals surface area contributed by atoms with E-state index in [0.29, 0.717) is 24.9 Å². The van der Waals surface area contributed by atoms with E-state index >= 15 is 0 Å². The van der Waals surface area contributed by atoms with Gasteiger partial charge in [0.1, 0.15) is 0 Å². The van der Waals surface area contributed by atoms with Crippen molar-refractivity contribution in [2.45, 2.75) is 19.9 Å². The highest BCUT2D eigenvalue weighted by Gasteiger charge is 2.17. The van der Waals surface area contributed by atoms with Crippen LogP contribution in [0.2, 0.25) is 0 Å². The van der Waals surface area contributed by atoms with Crippen LogP contribution in [0.5, 0.6) is 0 Å². The van der Waals surface area contributed by atoms with E-state index in [9.17, 15) is 4.79 Å². The summed E-state index contributed by atoms with van der Waals surface area (Å²) in [6, 6.07) is 7.59. The molecular weight excluding hydrogens is 254 g/mol. The Bertz CT molecular complexity index is 418. The first kappa shape index (κ1) is 16.5. The number of hydrogen-bond donors (Lipinski definition) is 1. The lowest BCUT2D eigenvalue weighted by Gasteiger charge is -2.28. The van der Waals surface area contributed by atoms with Crippen LogP contribution in [0.25, 0.3) is 0 Å². The highest BCUT2D eigenvalue weighted by Crippen LogP contribution is 2.15. The molecule has 0 atom stereocenters. The molecule has 0 saturated heterocycles. The fourth-order valence-electron chi connectivity index (χ4n) is 1.85. The number of nitrogen functional groups attached to an aromatic ring is 1. The molecule has 0 aliphatic heterocycles. The third kappa shape index (κ3) is 4.83. The zero-order chi connectivity index (χ0) is 15.1. The van der Waals surface area contributed by atoms with Crippen LogP contribution in [0.3, 0.4) is 0 Å². The number of methoxy groups -OCH3 is 1. The highest BCUT2D eigenvalue weighted by atomic mass is 16.5. The van der Waals surface area contributed by atoms with Crippen molar-refractivity contribution in [2.75, 3.05) is 44.5 Å². The molecule has 5 heteroatoms. The summed E-state index contributed by atoms with van der Waals surface area (Å²) in [6.07, 6.45) is 0. The molecule has 1 aromatic rings. The third-order valence-corrected chi connectivity index (χ3v) is 3.31. The molecular formula is C15H25N3O2. The summed E-state index contributed by atoms with van der Waals surface area (Å²) in [5.41, 5.74) is 7.19. The summed E-state index contributed by atoms with van der Waals surface area (Å²) < 4.78 is 5.08. The van der Waals surface area contributed by atoms with Gasteiger partial charge in [-0.15, -0.1) is 0 Å². The van der Waals surface area contributed by atoms with Crippen LogP contribution in [-0.4, -0.2) is 50.7 Å². The SMILES string of the molecule is COCCN(CC(=O)N(C)c1ccc(N)cc1)C(C)C. The molecule has 1 amide bonds. The molecule has 1 aromatic carbocycles. The Labute approximate surface area is 121 Å². The molecule has 0 heterocycles. The first-order valence-corrected chi connectivity index (χ1v) is 6.80. The lowest BCUT2D eigenvalue weighted by molar-refractivity contribution is -0.120. The Balaban J connectivity index is 2.65. The van der Waals surface area contributed by atoms with Gasteiger partial charge in [-0.05, 0) is 38.1 Å². The third-order valence-electron chi connectivity index (χ3n) is 3.31. The van der Waals surface area contributed by atoms with E-state index in [-0.39, 0.29) is 5.91 Å². The normalized spacial score (nSPS) is 11.1. The van der Waals surface area contributed by atoms with E-state index in [1.165, 1.54) is 0 Å². The van der Waals surface area contributed by atoms with Gasteiger partial charge >= 0.3 is 0 Å². The Morgan fingerprint density at radius 2 is 1.90 bits per heavy atom. The van der Waals surface area contributed by atoms with E-state index in [1.807, 2.05) is 12.1 Å². The zero-order valence-electron chi connectivity index (χ0n) is 12.8. The number of hydrogen-bond acceptors (Lipinski definition) is 4. The summed E-state index contributed by atoms with van der Waals surface area (Å²) in [5.74, 6) is 0.0552. The fourth-order valence-corrected chi connectivity index (χ4v) is 1.85. The zero-order valence-corrected chi connectivity index (χ0v) is 12.8. The average Bonchev–Trinajstić information content (AvgIpc) is 2.42. The number of likely N-dealkylation sites (N-methyl/N-ethyl adjacent to an activating group) is 1. The van der Waals surface area contributed by atoms with Crippen LogP contribution in [0.4, 0.5) is 11.4 Å². The van der Waals surface area contributed by atoms with Crippen molar-refractivity contribution in [2.24, 2.45) is 0 Å². The number of carbonyl (C=O) groups is 1. The van der Waals surface area contributed by atoms with Crippen LogP contribution < -0.4 is 10.6 Å². The molecule has 0 spiro atoms. The molecule has 20 heavy (non-hydrogen) atoms. The minimum Gasteiger partial charge on any atom is -0.399 e. The van der Waals surface area contributed by atoms with Crippen LogP contribution >= 0.6 is 0 Å². The Hall–Kier alpha value is -1.59. The van der Waals surface area contributed by atoms with E-state index in [4.69, 9.17) is 10.5 Å². The van der Waals surface area contributed by atoms with Gasteiger partial charge in [0.05, 0.1) is 13.2 Å².